The molecule has 0 aliphatic heterocycles. The van der Waals surface area contributed by atoms with Crippen LogP contribution in [0.25, 0.3) is 0 Å². The van der Waals surface area contributed by atoms with Gasteiger partial charge in [0.1, 0.15) is 5.41 Å². The van der Waals surface area contributed by atoms with Crippen LogP contribution in [0, 0.1) is 28.1 Å². The minimum absolute atomic E-state index is 0.196. The van der Waals surface area contributed by atoms with Crippen molar-refractivity contribution in [3.8, 4) is 12.1 Å². The molecule has 1 amide bonds. The van der Waals surface area contributed by atoms with Crippen LogP contribution in [-0.4, -0.2) is 5.91 Å². The highest BCUT2D eigenvalue weighted by atomic mass is 16.2. The Morgan fingerprint density at radius 2 is 1.71 bits per heavy atom. The molecule has 0 spiro atoms. The predicted octanol–water partition coefficient (Wildman–Crippen LogP) is 3.28. The van der Waals surface area contributed by atoms with Crippen molar-refractivity contribution < 1.29 is 4.79 Å². The van der Waals surface area contributed by atoms with Crippen LogP contribution in [-0.2, 0) is 11.3 Å². The topological polar surface area (TPSA) is 76.7 Å². The van der Waals surface area contributed by atoms with E-state index in [0.29, 0.717) is 24.9 Å². The molecule has 0 bridgehead atoms. The molecule has 0 saturated heterocycles. The summed E-state index contributed by atoms with van der Waals surface area (Å²) in [5.41, 5.74) is 0.589. The minimum atomic E-state index is -0.921. The highest BCUT2D eigenvalue weighted by Gasteiger charge is 2.36. The number of nitrogens with zero attached hydrogens (tertiary/aromatic N) is 2. The number of nitrogens with one attached hydrogen (secondary N) is 1. The molecule has 21 heavy (non-hydrogen) atoms. The molecule has 0 radical (unpaired) electrons. The SMILES string of the molecule is CCCC(C#N)(CCC)C(=O)NCc1ccc(C#N)cc1. The lowest BCUT2D eigenvalue weighted by molar-refractivity contribution is -0.129. The summed E-state index contributed by atoms with van der Waals surface area (Å²) in [6, 6.07) is 11.3. The lowest BCUT2D eigenvalue weighted by Crippen LogP contribution is -2.39. The van der Waals surface area contributed by atoms with Gasteiger partial charge in [0.2, 0.25) is 5.91 Å². The van der Waals surface area contributed by atoms with Crippen molar-refractivity contribution >= 4 is 5.91 Å². The zero-order valence-corrected chi connectivity index (χ0v) is 12.6. The fourth-order valence-corrected chi connectivity index (χ4v) is 2.42. The van der Waals surface area contributed by atoms with Crippen LogP contribution < -0.4 is 5.32 Å². The van der Waals surface area contributed by atoms with E-state index < -0.39 is 5.41 Å². The van der Waals surface area contributed by atoms with Gasteiger partial charge in [-0.25, -0.2) is 0 Å². The van der Waals surface area contributed by atoms with Gasteiger partial charge in [-0.2, -0.15) is 10.5 Å². The van der Waals surface area contributed by atoms with E-state index in [1.807, 2.05) is 26.0 Å². The number of hydrogen-bond acceptors (Lipinski definition) is 3. The van der Waals surface area contributed by atoms with E-state index in [1.165, 1.54) is 0 Å². The monoisotopic (exact) mass is 283 g/mol. The highest BCUT2D eigenvalue weighted by Crippen LogP contribution is 2.29. The second-order valence-corrected chi connectivity index (χ2v) is 5.19. The smallest absolute Gasteiger partial charge is 0.240 e. The molecule has 0 aliphatic carbocycles. The number of amides is 1. The Labute approximate surface area is 126 Å². The van der Waals surface area contributed by atoms with Gasteiger partial charge < -0.3 is 5.32 Å². The quantitative estimate of drug-likeness (QED) is 0.834. The molecule has 0 heterocycles. The lowest BCUT2D eigenvalue weighted by atomic mass is 9.79. The first kappa shape index (κ1) is 16.7. The van der Waals surface area contributed by atoms with Gasteiger partial charge in [-0.1, -0.05) is 38.8 Å². The van der Waals surface area contributed by atoms with Crippen molar-refractivity contribution in [2.45, 2.75) is 46.1 Å². The Bertz CT molecular complexity index is 543. The number of hydrogen-bond donors (Lipinski definition) is 1. The van der Waals surface area contributed by atoms with Gasteiger partial charge >= 0.3 is 0 Å². The molecule has 1 aromatic carbocycles. The van der Waals surface area contributed by atoms with Gasteiger partial charge in [0.25, 0.3) is 0 Å². The molecule has 1 rings (SSSR count). The average Bonchev–Trinajstić information content (AvgIpc) is 2.52. The van der Waals surface area contributed by atoms with Crippen molar-refractivity contribution in [1.29, 1.82) is 10.5 Å². The van der Waals surface area contributed by atoms with Crippen LogP contribution in [0.1, 0.15) is 50.7 Å². The molecule has 0 atom stereocenters. The Morgan fingerprint density at radius 1 is 1.14 bits per heavy atom. The maximum absolute atomic E-state index is 12.4. The van der Waals surface area contributed by atoms with Gasteiger partial charge in [-0.15, -0.1) is 0 Å². The Hall–Kier alpha value is -2.33. The minimum Gasteiger partial charge on any atom is -0.351 e. The molecule has 0 saturated carbocycles. The van der Waals surface area contributed by atoms with Crippen LogP contribution in [0.15, 0.2) is 24.3 Å². The first-order valence-corrected chi connectivity index (χ1v) is 7.30. The molecule has 0 unspecified atom stereocenters. The van der Waals surface area contributed by atoms with Gasteiger partial charge in [-0.05, 0) is 30.5 Å². The van der Waals surface area contributed by atoms with Crippen LogP contribution >= 0.6 is 0 Å². The summed E-state index contributed by atoms with van der Waals surface area (Å²) in [7, 11) is 0. The van der Waals surface area contributed by atoms with Crippen LogP contribution in [0.3, 0.4) is 0 Å². The molecule has 0 fully saturated rings. The number of rotatable bonds is 7. The summed E-state index contributed by atoms with van der Waals surface area (Å²) in [5, 5.41) is 21.0. The predicted molar refractivity (Wildman–Crippen MR) is 80.9 cm³/mol. The summed E-state index contributed by atoms with van der Waals surface area (Å²) in [6.07, 6.45) is 2.77. The maximum atomic E-state index is 12.4. The van der Waals surface area contributed by atoms with Gasteiger partial charge in [-0.3, -0.25) is 4.79 Å². The summed E-state index contributed by atoms with van der Waals surface area (Å²) in [4.78, 5) is 12.4. The Kier molecular flexibility index (Phi) is 6.43. The van der Waals surface area contributed by atoms with E-state index in [1.54, 1.807) is 12.1 Å². The van der Waals surface area contributed by atoms with E-state index in [2.05, 4.69) is 17.5 Å². The zero-order valence-electron chi connectivity index (χ0n) is 12.6. The zero-order chi connectivity index (χ0) is 15.7. The first-order valence-electron chi connectivity index (χ1n) is 7.30. The number of carbonyl (C=O) groups is 1. The van der Waals surface area contributed by atoms with Crippen molar-refractivity contribution in [1.82, 2.24) is 5.32 Å². The van der Waals surface area contributed by atoms with Gasteiger partial charge in [0.15, 0.2) is 0 Å². The molecule has 1 aromatic rings. The normalized spacial score (nSPS) is 10.5. The molecule has 110 valence electrons. The number of nitriles is 2. The van der Waals surface area contributed by atoms with E-state index in [-0.39, 0.29) is 5.91 Å². The molecular weight excluding hydrogens is 262 g/mol. The van der Waals surface area contributed by atoms with Crippen LogP contribution in [0.5, 0.6) is 0 Å². The van der Waals surface area contributed by atoms with Crippen molar-refractivity contribution in [3.63, 3.8) is 0 Å². The fraction of sp³-hybridized carbons (Fsp3) is 0.471. The van der Waals surface area contributed by atoms with E-state index in [0.717, 1.165) is 18.4 Å². The van der Waals surface area contributed by atoms with Crippen molar-refractivity contribution in [2.24, 2.45) is 5.41 Å². The third kappa shape index (κ3) is 4.33. The average molecular weight is 283 g/mol. The highest BCUT2D eigenvalue weighted by molar-refractivity contribution is 5.85. The largest absolute Gasteiger partial charge is 0.351 e. The molecule has 0 aliphatic rings. The Balaban J connectivity index is 2.73. The van der Waals surface area contributed by atoms with Crippen molar-refractivity contribution in [2.75, 3.05) is 0 Å². The number of benzene rings is 1. The third-order valence-electron chi connectivity index (χ3n) is 3.54. The van der Waals surface area contributed by atoms with Crippen LogP contribution in [0.4, 0.5) is 0 Å². The number of carbonyl (C=O) groups excluding carboxylic acids is 1. The first-order chi connectivity index (χ1) is 10.1. The molecule has 0 aromatic heterocycles. The molecule has 4 heteroatoms. The molecule has 4 nitrogen and oxygen atoms in total. The van der Waals surface area contributed by atoms with Gasteiger partial charge in [0, 0.05) is 6.54 Å². The Morgan fingerprint density at radius 3 is 2.14 bits per heavy atom. The summed E-state index contributed by atoms with van der Waals surface area (Å²) >= 11 is 0. The molecule has 1 N–H and O–H groups in total. The van der Waals surface area contributed by atoms with Crippen LogP contribution in [0.2, 0.25) is 0 Å². The maximum Gasteiger partial charge on any atom is 0.240 e. The third-order valence-corrected chi connectivity index (χ3v) is 3.54. The standard InChI is InChI=1S/C17H21N3O/c1-3-9-17(13-19,10-4-2)16(21)20-12-15-7-5-14(11-18)6-8-15/h5-8H,3-4,9-10,12H2,1-2H3,(H,20,21). The summed E-state index contributed by atoms with van der Waals surface area (Å²) in [6.45, 7) is 4.34. The lowest BCUT2D eigenvalue weighted by Gasteiger charge is -2.24. The van der Waals surface area contributed by atoms with Gasteiger partial charge in [0.05, 0.1) is 17.7 Å². The van der Waals surface area contributed by atoms with E-state index in [9.17, 15) is 10.1 Å². The van der Waals surface area contributed by atoms with E-state index >= 15 is 0 Å². The van der Waals surface area contributed by atoms with E-state index in [4.69, 9.17) is 5.26 Å². The summed E-state index contributed by atoms with van der Waals surface area (Å²) in [5.74, 6) is -0.196. The van der Waals surface area contributed by atoms with Crippen molar-refractivity contribution in [3.05, 3.63) is 35.4 Å². The molecular formula is C17H21N3O. The second kappa shape index (κ2) is 8.07. The fourth-order valence-electron chi connectivity index (χ4n) is 2.42. The second-order valence-electron chi connectivity index (χ2n) is 5.19. The summed E-state index contributed by atoms with van der Waals surface area (Å²) < 4.78 is 0.